The number of carbonyl (C=O) groups is 1. The van der Waals surface area contributed by atoms with Gasteiger partial charge in [0.25, 0.3) is 0 Å². The van der Waals surface area contributed by atoms with Gasteiger partial charge in [0.15, 0.2) is 0 Å². The molecule has 0 aliphatic heterocycles. The van der Waals surface area contributed by atoms with E-state index in [0.717, 1.165) is 11.1 Å². The maximum absolute atomic E-state index is 12.9. The molecule has 0 fully saturated rings. The van der Waals surface area contributed by atoms with Gasteiger partial charge in [0.1, 0.15) is 23.0 Å². The van der Waals surface area contributed by atoms with Crippen molar-refractivity contribution in [2.24, 2.45) is 0 Å². The summed E-state index contributed by atoms with van der Waals surface area (Å²) in [7, 11) is -7.30. The molecule has 0 saturated carbocycles. The second kappa shape index (κ2) is 14.6. The van der Waals surface area contributed by atoms with E-state index in [1.54, 1.807) is 109 Å². The van der Waals surface area contributed by atoms with Crippen molar-refractivity contribution in [1.82, 2.24) is 0 Å². The highest BCUT2D eigenvalue weighted by Gasteiger charge is 2.30. The van der Waals surface area contributed by atoms with E-state index >= 15 is 0 Å². The fourth-order valence-corrected chi connectivity index (χ4v) is 8.28. The van der Waals surface area contributed by atoms with Crippen LogP contribution in [0.4, 0.5) is 0 Å². The molecule has 0 bridgehead atoms. The van der Waals surface area contributed by atoms with Gasteiger partial charge >= 0.3 is 5.97 Å². The van der Waals surface area contributed by atoms with Crippen molar-refractivity contribution >= 4 is 25.6 Å². The van der Waals surface area contributed by atoms with Gasteiger partial charge in [0, 0.05) is 11.8 Å². The molecule has 0 aliphatic rings. The summed E-state index contributed by atoms with van der Waals surface area (Å²) in [4.78, 5) is 12.4. The highest BCUT2D eigenvalue weighted by atomic mass is 32.2. The zero-order valence-electron chi connectivity index (χ0n) is 27.5. The maximum atomic E-state index is 12.9. The average molecular weight is 719 g/mol. The van der Waals surface area contributed by atoms with Gasteiger partial charge in [-0.15, -0.1) is 0 Å². The van der Waals surface area contributed by atoms with Crippen LogP contribution in [0.15, 0.2) is 177 Å². The Morgan fingerprint density at radius 2 is 0.784 bits per heavy atom. The molecule has 0 radical (unpaired) electrons. The minimum absolute atomic E-state index is 0.0521. The van der Waals surface area contributed by atoms with Gasteiger partial charge in [0.2, 0.25) is 19.7 Å². The van der Waals surface area contributed by atoms with Crippen LogP contribution < -0.4 is 9.47 Å². The Hall–Kier alpha value is -5.71. The number of hydrogen-bond acceptors (Lipinski definition) is 7. The number of hydrogen-bond donors (Lipinski definition) is 1. The summed E-state index contributed by atoms with van der Waals surface area (Å²) in [5.41, 5.74) is 1.09. The third-order valence-electron chi connectivity index (χ3n) is 8.67. The average Bonchev–Trinajstić information content (AvgIpc) is 3.15. The first-order chi connectivity index (χ1) is 24.4. The van der Waals surface area contributed by atoms with Crippen LogP contribution in [0.25, 0.3) is 0 Å². The number of carboxylic acid groups (broad SMARTS) is 1. The van der Waals surface area contributed by atoms with E-state index in [2.05, 4.69) is 0 Å². The third kappa shape index (κ3) is 7.88. The van der Waals surface area contributed by atoms with Crippen molar-refractivity contribution in [3.8, 4) is 23.0 Å². The highest BCUT2D eigenvalue weighted by molar-refractivity contribution is 7.91. The molecule has 0 atom stereocenters. The minimum atomic E-state index is -3.65. The topological polar surface area (TPSA) is 124 Å². The molecule has 0 spiro atoms. The van der Waals surface area contributed by atoms with Crippen molar-refractivity contribution < 1.29 is 36.2 Å². The minimum Gasteiger partial charge on any atom is -0.481 e. The second-order valence-corrected chi connectivity index (χ2v) is 16.0. The number of benzene rings is 6. The Kier molecular flexibility index (Phi) is 10.1. The summed E-state index contributed by atoms with van der Waals surface area (Å²) in [6, 6.07) is 43.6. The predicted octanol–water partition coefficient (Wildman–Crippen LogP) is 9.11. The molecule has 258 valence electrons. The van der Waals surface area contributed by atoms with Gasteiger partial charge in [-0.3, -0.25) is 4.79 Å². The van der Waals surface area contributed by atoms with Gasteiger partial charge in [-0.25, -0.2) is 16.8 Å². The van der Waals surface area contributed by atoms with Crippen molar-refractivity contribution in [2.45, 2.75) is 44.8 Å². The molecule has 51 heavy (non-hydrogen) atoms. The largest absolute Gasteiger partial charge is 0.481 e. The fraction of sp³-hybridized carbons (Fsp3) is 0.0976. The summed E-state index contributed by atoms with van der Waals surface area (Å²) in [6.45, 7) is 1.99. The molecular formula is C41H34O8S2. The van der Waals surface area contributed by atoms with Crippen LogP contribution in [0.1, 0.15) is 30.9 Å². The smallest absolute Gasteiger partial charge is 0.303 e. The van der Waals surface area contributed by atoms with E-state index in [9.17, 15) is 26.7 Å². The summed E-state index contributed by atoms with van der Waals surface area (Å²) in [6.07, 6.45) is 0.279. The SMILES string of the molecule is CC(CCC(=O)O)(c1ccc(Oc2ccc(S(=O)(=O)c3ccccc3)cc2)cc1)c1ccc(Oc2ccc(S(=O)(=O)c3ccccc3)cc2)cc1. The van der Waals surface area contributed by atoms with Crippen LogP contribution in [0.2, 0.25) is 0 Å². The molecule has 10 heteroatoms. The summed E-state index contributed by atoms with van der Waals surface area (Å²) >= 11 is 0. The Labute approximate surface area is 297 Å². The molecule has 0 saturated heterocycles. The Morgan fingerprint density at radius 1 is 0.490 bits per heavy atom. The lowest BCUT2D eigenvalue weighted by Gasteiger charge is -2.31. The molecule has 6 aromatic rings. The number of rotatable bonds is 13. The first kappa shape index (κ1) is 35.1. The van der Waals surface area contributed by atoms with E-state index < -0.39 is 31.1 Å². The van der Waals surface area contributed by atoms with Gasteiger partial charge in [-0.1, -0.05) is 67.6 Å². The monoisotopic (exact) mass is 718 g/mol. The van der Waals surface area contributed by atoms with Crippen LogP contribution >= 0.6 is 0 Å². The molecule has 6 aromatic carbocycles. The van der Waals surface area contributed by atoms with Crippen LogP contribution in [0.3, 0.4) is 0 Å². The van der Waals surface area contributed by atoms with E-state index in [1.165, 1.54) is 24.3 Å². The Balaban J connectivity index is 1.16. The molecule has 0 heterocycles. The highest BCUT2D eigenvalue weighted by Crippen LogP contribution is 2.39. The molecule has 0 aromatic heterocycles. The molecule has 0 aliphatic carbocycles. The first-order valence-corrected chi connectivity index (χ1v) is 19.0. The molecule has 8 nitrogen and oxygen atoms in total. The van der Waals surface area contributed by atoms with Gasteiger partial charge in [-0.05, 0) is 115 Å². The Morgan fingerprint density at radius 3 is 1.10 bits per heavy atom. The molecular weight excluding hydrogens is 685 g/mol. The number of sulfone groups is 2. The zero-order valence-corrected chi connectivity index (χ0v) is 29.2. The van der Waals surface area contributed by atoms with Gasteiger partial charge < -0.3 is 14.6 Å². The number of ether oxygens (including phenoxy) is 2. The van der Waals surface area contributed by atoms with Crippen LogP contribution in [0.5, 0.6) is 23.0 Å². The van der Waals surface area contributed by atoms with E-state index in [1.807, 2.05) is 31.2 Å². The summed E-state index contributed by atoms with van der Waals surface area (Å²) < 4.78 is 63.7. The summed E-state index contributed by atoms with van der Waals surface area (Å²) in [5, 5.41) is 9.54. The summed E-state index contributed by atoms with van der Waals surface area (Å²) in [5.74, 6) is 1.09. The van der Waals surface area contributed by atoms with Gasteiger partial charge in [0.05, 0.1) is 19.6 Å². The third-order valence-corrected chi connectivity index (χ3v) is 12.2. The van der Waals surface area contributed by atoms with E-state index in [4.69, 9.17) is 9.47 Å². The molecule has 6 rings (SSSR count). The van der Waals surface area contributed by atoms with Crippen molar-refractivity contribution in [3.63, 3.8) is 0 Å². The van der Waals surface area contributed by atoms with Crippen molar-refractivity contribution in [1.29, 1.82) is 0 Å². The first-order valence-electron chi connectivity index (χ1n) is 16.0. The van der Waals surface area contributed by atoms with Crippen molar-refractivity contribution in [2.75, 3.05) is 0 Å². The van der Waals surface area contributed by atoms with E-state index in [-0.39, 0.29) is 26.0 Å². The fourth-order valence-electron chi connectivity index (χ4n) is 5.71. The zero-order chi connectivity index (χ0) is 36.1. The maximum Gasteiger partial charge on any atom is 0.303 e. The van der Waals surface area contributed by atoms with E-state index in [0.29, 0.717) is 29.4 Å². The van der Waals surface area contributed by atoms with Crippen molar-refractivity contribution in [3.05, 3.63) is 169 Å². The molecule has 1 N–H and O–H groups in total. The normalized spacial score (nSPS) is 11.9. The Bertz CT molecular complexity index is 2160. The number of aliphatic carboxylic acids is 1. The molecule has 0 amide bonds. The predicted molar refractivity (Wildman–Crippen MR) is 193 cm³/mol. The standard InChI is InChI=1S/C41H34O8S2/c1-41(29-28-40(42)43,30-12-16-32(17-13-30)48-34-20-24-38(25-21-34)50(44,45)36-8-4-2-5-9-36)31-14-18-33(19-15-31)49-35-22-26-39(27-23-35)51(46,47)37-10-6-3-7-11-37/h2-27H,28-29H2,1H3,(H,42,43). The van der Waals surface area contributed by atoms with Crippen LogP contribution in [-0.2, 0) is 29.9 Å². The lowest BCUT2D eigenvalue weighted by atomic mass is 9.73. The van der Waals surface area contributed by atoms with Gasteiger partial charge in [-0.2, -0.15) is 0 Å². The van der Waals surface area contributed by atoms with Crippen LogP contribution in [-0.4, -0.2) is 27.9 Å². The lowest BCUT2D eigenvalue weighted by Crippen LogP contribution is -2.24. The second-order valence-electron chi connectivity index (χ2n) is 12.1. The van der Waals surface area contributed by atoms with Crippen LogP contribution in [0, 0.1) is 0 Å². The molecule has 0 unspecified atom stereocenters. The number of carboxylic acids is 1. The quantitative estimate of drug-likeness (QED) is 0.125. The lowest BCUT2D eigenvalue weighted by molar-refractivity contribution is -0.137.